The van der Waals surface area contributed by atoms with Crippen LogP contribution in [-0.2, 0) is 0 Å². The van der Waals surface area contributed by atoms with Crippen LogP contribution in [0.2, 0.25) is 0 Å². The standard InChI is InChI=1S/C8H17NO/c1-3-7(9-2)8(6-10)4-5-8/h7,9-10H,3-6H2,1-2H3. The molecule has 1 atom stereocenters. The molecule has 0 saturated heterocycles. The molecule has 0 heterocycles. The molecule has 0 aromatic carbocycles. The normalized spacial score (nSPS) is 24.3. The van der Waals surface area contributed by atoms with E-state index < -0.39 is 0 Å². The van der Waals surface area contributed by atoms with Crippen LogP contribution >= 0.6 is 0 Å². The highest BCUT2D eigenvalue weighted by molar-refractivity contribution is 5.00. The maximum Gasteiger partial charge on any atom is 0.0502 e. The summed E-state index contributed by atoms with van der Waals surface area (Å²) in [5.41, 5.74) is 0.253. The summed E-state index contributed by atoms with van der Waals surface area (Å²) in [6.07, 6.45) is 3.52. The Bertz CT molecular complexity index is 106. The molecule has 1 aliphatic carbocycles. The van der Waals surface area contributed by atoms with Crippen LogP contribution in [0.25, 0.3) is 0 Å². The summed E-state index contributed by atoms with van der Waals surface area (Å²) >= 11 is 0. The van der Waals surface area contributed by atoms with Crippen molar-refractivity contribution in [3.63, 3.8) is 0 Å². The van der Waals surface area contributed by atoms with Crippen LogP contribution in [0.15, 0.2) is 0 Å². The van der Waals surface area contributed by atoms with E-state index in [1.807, 2.05) is 7.05 Å². The molecule has 2 N–H and O–H groups in total. The van der Waals surface area contributed by atoms with Gasteiger partial charge in [0.25, 0.3) is 0 Å². The van der Waals surface area contributed by atoms with Crippen LogP contribution < -0.4 is 5.32 Å². The van der Waals surface area contributed by atoms with Crippen molar-refractivity contribution in [2.24, 2.45) is 5.41 Å². The minimum absolute atomic E-state index is 0.253. The van der Waals surface area contributed by atoms with Gasteiger partial charge in [-0.3, -0.25) is 0 Å². The summed E-state index contributed by atoms with van der Waals surface area (Å²) in [4.78, 5) is 0. The van der Waals surface area contributed by atoms with Gasteiger partial charge in [-0.05, 0) is 26.3 Å². The highest BCUT2D eigenvalue weighted by Gasteiger charge is 2.47. The fraction of sp³-hybridized carbons (Fsp3) is 1.00. The van der Waals surface area contributed by atoms with Gasteiger partial charge >= 0.3 is 0 Å². The third-order valence-electron chi connectivity index (χ3n) is 2.70. The van der Waals surface area contributed by atoms with Gasteiger partial charge in [0.15, 0.2) is 0 Å². The van der Waals surface area contributed by atoms with Crippen molar-refractivity contribution in [1.82, 2.24) is 5.32 Å². The third kappa shape index (κ3) is 1.18. The number of aliphatic hydroxyl groups is 1. The van der Waals surface area contributed by atoms with E-state index in [1.54, 1.807) is 0 Å². The van der Waals surface area contributed by atoms with Gasteiger partial charge < -0.3 is 10.4 Å². The molecule has 0 aromatic rings. The predicted molar refractivity (Wildman–Crippen MR) is 41.9 cm³/mol. The van der Waals surface area contributed by atoms with Gasteiger partial charge in [-0.1, -0.05) is 6.92 Å². The molecule has 0 spiro atoms. The van der Waals surface area contributed by atoms with Crippen LogP contribution in [0.1, 0.15) is 26.2 Å². The number of rotatable bonds is 4. The average molecular weight is 143 g/mol. The number of hydrogen-bond donors (Lipinski definition) is 2. The molecule has 0 bridgehead atoms. The maximum atomic E-state index is 9.05. The van der Waals surface area contributed by atoms with Gasteiger partial charge in [0, 0.05) is 11.5 Å². The van der Waals surface area contributed by atoms with Gasteiger partial charge in [-0.25, -0.2) is 0 Å². The van der Waals surface area contributed by atoms with Gasteiger partial charge in [0.1, 0.15) is 0 Å². The Morgan fingerprint density at radius 3 is 2.30 bits per heavy atom. The van der Waals surface area contributed by atoms with Crippen LogP contribution in [0.3, 0.4) is 0 Å². The van der Waals surface area contributed by atoms with E-state index in [0.717, 1.165) is 6.42 Å². The minimum atomic E-state index is 0.253. The molecule has 1 rings (SSSR count). The van der Waals surface area contributed by atoms with Gasteiger partial charge in [0.05, 0.1) is 6.61 Å². The second-order valence-corrected chi connectivity index (χ2v) is 3.27. The third-order valence-corrected chi connectivity index (χ3v) is 2.70. The van der Waals surface area contributed by atoms with Crippen molar-refractivity contribution in [2.45, 2.75) is 32.2 Å². The Morgan fingerprint density at radius 2 is 2.20 bits per heavy atom. The van der Waals surface area contributed by atoms with Crippen molar-refractivity contribution < 1.29 is 5.11 Å². The molecule has 0 aliphatic heterocycles. The largest absolute Gasteiger partial charge is 0.396 e. The van der Waals surface area contributed by atoms with Crippen molar-refractivity contribution in [3.05, 3.63) is 0 Å². The zero-order valence-electron chi connectivity index (χ0n) is 6.85. The van der Waals surface area contributed by atoms with E-state index in [4.69, 9.17) is 5.11 Å². The average Bonchev–Trinajstić information content (AvgIpc) is 2.72. The summed E-state index contributed by atoms with van der Waals surface area (Å²) in [6, 6.07) is 0.525. The number of aliphatic hydroxyl groups excluding tert-OH is 1. The Morgan fingerprint density at radius 1 is 1.60 bits per heavy atom. The Hall–Kier alpha value is -0.0800. The van der Waals surface area contributed by atoms with Crippen molar-refractivity contribution in [1.29, 1.82) is 0 Å². The lowest BCUT2D eigenvalue weighted by Crippen LogP contribution is -2.36. The zero-order valence-corrected chi connectivity index (χ0v) is 6.85. The zero-order chi connectivity index (χ0) is 7.61. The summed E-state index contributed by atoms with van der Waals surface area (Å²) in [7, 11) is 1.98. The molecule has 2 nitrogen and oxygen atoms in total. The molecular weight excluding hydrogens is 126 g/mol. The first-order valence-corrected chi connectivity index (χ1v) is 4.07. The quantitative estimate of drug-likeness (QED) is 0.609. The molecule has 0 aromatic heterocycles. The smallest absolute Gasteiger partial charge is 0.0502 e. The molecule has 1 saturated carbocycles. The molecule has 0 amide bonds. The fourth-order valence-corrected chi connectivity index (χ4v) is 1.72. The molecule has 1 unspecified atom stereocenters. The molecular formula is C8H17NO. The van der Waals surface area contributed by atoms with E-state index in [9.17, 15) is 0 Å². The first-order chi connectivity index (χ1) is 4.79. The maximum absolute atomic E-state index is 9.05. The Balaban J connectivity index is 2.43. The number of nitrogens with one attached hydrogen (secondary N) is 1. The molecule has 2 heteroatoms. The Labute approximate surface area is 62.6 Å². The molecule has 60 valence electrons. The van der Waals surface area contributed by atoms with Crippen LogP contribution in [-0.4, -0.2) is 24.8 Å². The first-order valence-electron chi connectivity index (χ1n) is 4.07. The van der Waals surface area contributed by atoms with Crippen molar-refractivity contribution in [3.8, 4) is 0 Å². The highest BCUT2D eigenvalue weighted by atomic mass is 16.3. The van der Waals surface area contributed by atoms with Crippen molar-refractivity contribution in [2.75, 3.05) is 13.7 Å². The van der Waals surface area contributed by atoms with E-state index in [2.05, 4.69) is 12.2 Å². The van der Waals surface area contributed by atoms with Crippen LogP contribution in [0.5, 0.6) is 0 Å². The van der Waals surface area contributed by atoms with E-state index >= 15 is 0 Å². The van der Waals surface area contributed by atoms with E-state index in [-0.39, 0.29) is 5.41 Å². The lowest BCUT2D eigenvalue weighted by atomic mass is 9.95. The second kappa shape index (κ2) is 2.89. The Kier molecular flexibility index (Phi) is 2.32. The second-order valence-electron chi connectivity index (χ2n) is 3.27. The molecule has 10 heavy (non-hydrogen) atoms. The van der Waals surface area contributed by atoms with E-state index in [1.165, 1.54) is 12.8 Å². The summed E-state index contributed by atoms with van der Waals surface area (Å²) < 4.78 is 0. The van der Waals surface area contributed by atoms with E-state index in [0.29, 0.717) is 12.6 Å². The lowest BCUT2D eigenvalue weighted by molar-refractivity contribution is 0.172. The van der Waals surface area contributed by atoms with Gasteiger partial charge in [-0.15, -0.1) is 0 Å². The molecule has 0 radical (unpaired) electrons. The summed E-state index contributed by atoms with van der Waals surface area (Å²) in [6.45, 7) is 2.52. The van der Waals surface area contributed by atoms with Gasteiger partial charge in [-0.2, -0.15) is 0 Å². The lowest BCUT2D eigenvalue weighted by Gasteiger charge is -2.22. The van der Waals surface area contributed by atoms with Crippen LogP contribution in [0, 0.1) is 5.41 Å². The number of hydrogen-bond acceptors (Lipinski definition) is 2. The first kappa shape index (κ1) is 8.02. The molecule has 1 fully saturated rings. The fourth-order valence-electron chi connectivity index (χ4n) is 1.72. The minimum Gasteiger partial charge on any atom is -0.396 e. The molecule has 1 aliphatic rings. The topological polar surface area (TPSA) is 32.3 Å². The van der Waals surface area contributed by atoms with Crippen LogP contribution in [0.4, 0.5) is 0 Å². The predicted octanol–water partition coefficient (Wildman–Crippen LogP) is 0.757. The monoisotopic (exact) mass is 143 g/mol. The van der Waals surface area contributed by atoms with Gasteiger partial charge in [0.2, 0.25) is 0 Å². The van der Waals surface area contributed by atoms with Crippen molar-refractivity contribution >= 4 is 0 Å². The highest BCUT2D eigenvalue weighted by Crippen LogP contribution is 2.48. The summed E-state index contributed by atoms with van der Waals surface area (Å²) in [5, 5.41) is 12.3. The summed E-state index contributed by atoms with van der Waals surface area (Å²) in [5.74, 6) is 0. The SMILES string of the molecule is CCC(NC)C1(CO)CC1.